The van der Waals surface area contributed by atoms with Gasteiger partial charge in [0.1, 0.15) is 10.5 Å². The number of amides is 2. The fourth-order valence-electron chi connectivity index (χ4n) is 4.99. The van der Waals surface area contributed by atoms with Gasteiger partial charge in [0.15, 0.2) is 0 Å². The lowest BCUT2D eigenvalue weighted by atomic mass is 9.73. The van der Waals surface area contributed by atoms with Crippen LogP contribution in [0.15, 0.2) is 29.8 Å². The number of carbonyl (C=O) groups excluding carboxylic acids is 1. The molecule has 1 saturated heterocycles. The second kappa shape index (κ2) is 8.27. The topological polar surface area (TPSA) is 70.1 Å². The smallest absolute Gasteiger partial charge is 0.319 e. The summed E-state index contributed by atoms with van der Waals surface area (Å²) in [6, 6.07) is 8.49. The monoisotopic (exact) mass is 425 g/mol. The van der Waals surface area contributed by atoms with Crippen LogP contribution in [0.4, 0.5) is 10.5 Å². The van der Waals surface area contributed by atoms with E-state index in [0.717, 1.165) is 10.7 Å². The third-order valence-corrected chi connectivity index (χ3v) is 8.15. The molecule has 2 saturated carbocycles. The molecule has 2 amide bonds. The number of rotatable bonds is 7. The van der Waals surface area contributed by atoms with Crippen molar-refractivity contribution in [3.05, 3.63) is 40.3 Å². The van der Waals surface area contributed by atoms with Crippen LogP contribution in [-0.4, -0.2) is 46.8 Å². The van der Waals surface area contributed by atoms with Gasteiger partial charge in [-0.2, -0.15) is 0 Å². The largest absolute Gasteiger partial charge is 0.336 e. The molecular weight excluding hydrogens is 394 g/mol. The summed E-state index contributed by atoms with van der Waals surface area (Å²) < 4.78 is 0. The van der Waals surface area contributed by atoms with E-state index in [9.17, 15) is 4.79 Å². The maximum Gasteiger partial charge on any atom is 0.319 e. The number of benzene rings is 1. The van der Waals surface area contributed by atoms with Crippen LogP contribution in [0, 0.1) is 11.3 Å². The van der Waals surface area contributed by atoms with Gasteiger partial charge in [0.2, 0.25) is 0 Å². The van der Waals surface area contributed by atoms with Gasteiger partial charge in [0, 0.05) is 30.7 Å². The van der Waals surface area contributed by atoms with Crippen molar-refractivity contribution in [3.63, 3.8) is 0 Å². The van der Waals surface area contributed by atoms with Gasteiger partial charge in [-0.3, -0.25) is 4.90 Å². The molecule has 1 aromatic carbocycles. The maximum atomic E-state index is 12.5. The van der Waals surface area contributed by atoms with E-state index in [2.05, 4.69) is 44.8 Å². The van der Waals surface area contributed by atoms with Crippen LogP contribution >= 0.6 is 11.3 Å². The third-order valence-electron chi connectivity index (χ3n) is 7.37. The van der Waals surface area contributed by atoms with E-state index in [4.69, 9.17) is 0 Å². The minimum absolute atomic E-state index is 0.129. The molecule has 6 nitrogen and oxygen atoms in total. The zero-order chi connectivity index (χ0) is 20.6. The molecule has 1 spiro atoms. The molecule has 0 bridgehead atoms. The summed E-state index contributed by atoms with van der Waals surface area (Å²) >= 11 is 1.62. The summed E-state index contributed by atoms with van der Waals surface area (Å²) in [5.74, 6) is 0.902. The molecule has 2 N–H and O–H groups in total. The molecule has 30 heavy (non-hydrogen) atoms. The molecule has 1 unspecified atom stereocenters. The lowest BCUT2D eigenvalue weighted by Gasteiger charge is -2.32. The first kappa shape index (κ1) is 19.9. The average molecular weight is 426 g/mol. The molecular formula is C23H31N5OS. The van der Waals surface area contributed by atoms with Crippen molar-refractivity contribution in [3.8, 4) is 0 Å². The molecule has 160 valence electrons. The van der Waals surface area contributed by atoms with E-state index >= 15 is 0 Å². The Bertz CT molecular complexity index is 877. The molecule has 1 aliphatic heterocycles. The van der Waals surface area contributed by atoms with E-state index in [1.54, 1.807) is 11.3 Å². The van der Waals surface area contributed by atoms with Crippen molar-refractivity contribution < 1.29 is 4.79 Å². The highest BCUT2D eigenvalue weighted by atomic mass is 32.1. The van der Waals surface area contributed by atoms with E-state index in [1.165, 1.54) is 57.2 Å². The molecule has 3 fully saturated rings. The van der Waals surface area contributed by atoms with Gasteiger partial charge in [0.05, 0.1) is 0 Å². The predicted molar refractivity (Wildman–Crippen MR) is 120 cm³/mol. The van der Waals surface area contributed by atoms with Crippen LogP contribution in [0.3, 0.4) is 0 Å². The molecule has 2 atom stereocenters. The Morgan fingerprint density at radius 3 is 2.87 bits per heavy atom. The normalized spacial score (nSPS) is 22.4. The second-order valence-corrected chi connectivity index (χ2v) is 10.3. The van der Waals surface area contributed by atoms with Crippen LogP contribution in [-0.2, 0) is 0 Å². The van der Waals surface area contributed by atoms with E-state index < -0.39 is 0 Å². The van der Waals surface area contributed by atoms with Crippen molar-refractivity contribution in [2.75, 3.05) is 25.0 Å². The summed E-state index contributed by atoms with van der Waals surface area (Å²) in [5.41, 5.74) is 4.49. The first-order valence-electron chi connectivity index (χ1n) is 11.3. The van der Waals surface area contributed by atoms with Gasteiger partial charge >= 0.3 is 6.03 Å². The SMILES string of the molecule is CC(CNC(=O)Nc1cccc([C@H](c2nncs2)C2CCC2)c1)N1CCC2(CC2)C1. The Morgan fingerprint density at radius 1 is 1.33 bits per heavy atom. The van der Waals surface area contributed by atoms with Gasteiger partial charge in [-0.1, -0.05) is 18.6 Å². The van der Waals surface area contributed by atoms with Crippen molar-refractivity contribution in [1.82, 2.24) is 20.4 Å². The fraction of sp³-hybridized carbons (Fsp3) is 0.609. The zero-order valence-electron chi connectivity index (χ0n) is 17.6. The number of hydrogen-bond acceptors (Lipinski definition) is 5. The first-order chi connectivity index (χ1) is 14.6. The van der Waals surface area contributed by atoms with Gasteiger partial charge in [-0.25, -0.2) is 4.79 Å². The summed E-state index contributed by atoms with van der Waals surface area (Å²) in [6.07, 6.45) is 7.86. The summed E-state index contributed by atoms with van der Waals surface area (Å²) in [4.78, 5) is 15.0. The lowest BCUT2D eigenvalue weighted by Crippen LogP contribution is -2.42. The number of hydrogen-bond donors (Lipinski definition) is 2. The number of urea groups is 1. The minimum Gasteiger partial charge on any atom is -0.336 e. The molecule has 7 heteroatoms. The Labute approximate surface area is 182 Å². The van der Waals surface area contributed by atoms with E-state index in [-0.39, 0.29) is 11.9 Å². The molecule has 2 heterocycles. The highest BCUT2D eigenvalue weighted by molar-refractivity contribution is 7.09. The summed E-state index contributed by atoms with van der Waals surface area (Å²) in [5, 5.41) is 15.6. The van der Waals surface area contributed by atoms with Crippen molar-refractivity contribution in [2.24, 2.45) is 11.3 Å². The highest BCUT2D eigenvalue weighted by Gasteiger charge is 2.48. The zero-order valence-corrected chi connectivity index (χ0v) is 18.5. The number of anilines is 1. The van der Waals surface area contributed by atoms with Crippen molar-refractivity contribution >= 4 is 23.1 Å². The van der Waals surface area contributed by atoms with Gasteiger partial charge in [-0.05, 0) is 74.6 Å². The molecule has 1 aromatic heterocycles. The van der Waals surface area contributed by atoms with E-state index in [1.807, 2.05) is 17.6 Å². The Kier molecular flexibility index (Phi) is 5.50. The molecule has 2 aliphatic carbocycles. The second-order valence-electron chi connectivity index (χ2n) is 9.48. The predicted octanol–water partition coefficient (Wildman–Crippen LogP) is 4.47. The Morgan fingerprint density at radius 2 is 2.20 bits per heavy atom. The number of nitrogens with zero attached hydrogens (tertiary/aromatic N) is 3. The number of carbonyl (C=O) groups is 1. The number of likely N-dealkylation sites (tertiary alicyclic amines) is 1. The van der Waals surface area contributed by atoms with Gasteiger partial charge < -0.3 is 10.6 Å². The molecule has 2 aromatic rings. The molecule has 3 aliphatic rings. The van der Waals surface area contributed by atoms with Gasteiger partial charge in [-0.15, -0.1) is 21.5 Å². The number of nitrogens with one attached hydrogen (secondary N) is 2. The van der Waals surface area contributed by atoms with Crippen LogP contribution in [0.1, 0.15) is 61.9 Å². The van der Waals surface area contributed by atoms with Crippen molar-refractivity contribution in [1.29, 1.82) is 0 Å². The Balaban J connectivity index is 1.18. The fourth-order valence-corrected chi connectivity index (χ4v) is 5.76. The highest BCUT2D eigenvalue weighted by Crippen LogP contribution is 2.52. The van der Waals surface area contributed by atoms with E-state index in [0.29, 0.717) is 23.9 Å². The van der Waals surface area contributed by atoms with Crippen LogP contribution < -0.4 is 10.6 Å². The van der Waals surface area contributed by atoms with Crippen molar-refractivity contribution in [2.45, 2.75) is 57.4 Å². The Hall–Kier alpha value is -1.99. The van der Waals surface area contributed by atoms with Crippen LogP contribution in [0.5, 0.6) is 0 Å². The summed E-state index contributed by atoms with van der Waals surface area (Å²) in [6.45, 7) is 5.26. The maximum absolute atomic E-state index is 12.5. The average Bonchev–Trinajstić information content (AvgIpc) is 3.08. The first-order valence-corrected chi connectivity index (χ1v) is 12.1. The molecule has 5 rings (SSSR count). The third kappa shape index (κ3) is 4.23. The number of aromatic nitrogens is 2. The molecule has 0 radical (unpaired) electrons. The van der Waals surface area contributed by atoms with Crippen LogP contribution in [0.25, 0.3) is 0 Å². The quantitative estimate of drug-likeness (QED) is 0.687. The lowest BCUT2D eigenvalue weighted by molar-refractivity contribution is 0.229. The minimum atomic E-state index is -0.129. The standard InChI is InChI=1S/C23H31N5OS/c1-16(28-11-10-23(14-28)8-9-23)13-24-22(29)26-19-7-3-6-18(12-19)20(17-4-2-5-17)21-27-25-15-30-21/h3,6-7,12,15-17,20H,2,4-5,8-11,13-14H2,1H3,(H2,24,26,29)/t16?,20-/m1/s1. The summed E-state index contributed by atoms with van der Waals surface area (Å²) in [7, 11) is 0. The van der Waals surface area contributed by atoms with Gasteiger partial charge in [0.25, 0.3) is 0 Å². The van der Waals surface area contributed by atoms with Crippen LogP contribution in [0.2, 0.25) is 0 Å².